The topological polar surface area (TPSA) is 146 Å². The van der Waals surface area contributed by atoms with Crippen molar-refractivity contribution in [3.05, 3.63) is 100 Å². The van der Waals surface area contributed by atoms with Gasteiger partial charge in [0.05, 0.1) is 11.1 Å². The highest BCUT2D eigenvalue weighted by atomic mass is 16.4. The average molecular weight is 433 g/mol. The average Bonchev–Trinajstić information content (AvgIpc) is 2.81. The fourth-order valence-corrected chi connectivity index (χ4v) is 2.76. The van der Waals surface area contributed by atoms with Crippen LogP contribution in [0, 0.1) is 0 Å². The fourth-order valence-electron chi connectivity index (χ4n) is 2.76. The number of aromatic nitrogens is 1. The van der Waals surface area contributed by atoms with E-state index in [1.807, 2.05) is 0 Å². The lowest BCUT2D eigenvalue weighted by molar-refractivity contribution is 0.0686. The molecule has 0 aliphatic heterocycles. The summed E-state index contributed by atoms with van der Waals surface area (Å²) in [6.07, 6.45) is 0. The number of nitrogens with zero attached hydrogens (tertiary/aromatic N) is 1. The first kappa shape index (κ1) is 22.2. The standard InChI is InChI=1S/C23H19N3O6/c27-20(24-12-14-4-8-16(9-5-14)22(29)30)18-2-1-3-19(26-18)21(28)25-13-15-6-10-17(11-7-15)23(31)32/h1-11H,12-13H2,(H,24,27)(H,25,28)(H,29,30)(H,31,32). The quantitative estimate of drug-likeness (QED) is 0.426. The molecule has 0 bridgehead atoms. The summed E-state index contributed by atoms with van der Waals surface area (Å²) >= 11 is 0. The lowest BCUT2D eigenvalue weighted by Crippen LogP contribution is -2.27. The van der Waals surface area contributed by atoms with Crippen LogP contribution >= 0.6 is 0 Å². The molecule has 3 aromatic rings. The van der Waals surface area contributed by atoms with Crippen LogP contribution < -0.4 is 10.6 Å². The third-order valence-corrected chi connectivity index (χ3v) is 4.52. The molecule has 1 heterocycles. The van der Waals surface area contributed by atoms with Gasteiger partial charge in [0.25, 0.3) is 11.8 Å². The molecule has 162 valence electrons. The van der Waals surface area contributed by atoms with E-state index in [-0.39, 0.29) is 35.6 Å². The second kappa shape index (κ2) is 9.98. The van der Waals surface area contributed by atoms with Crippen LogP contribution in [0.1, 0.15) is 52.8 Å². The molecule has 9 nitrogen and oxygen atoms in total. The van der Waals surface area contributed by atoms with Gasteiger partial charge in [-0.25, -0.2) is 14.6 Å². The zero-order chi connectivity index (χ0) is 23.1. The zero-order valence-electron chi connectivity index (χ0n) is 16.7. The number of rotatable bonds is 8. The molecule has 2 amide bonds. The highest BCUT2D eigenvalue weighted by molar-refractivity contribution is 5.96. The molecule has 3 rings (SSSR count). The second-order valence-electron chi connectivity index (χ2n) is 6.78. The maximum Gasteiger partial charge on any atom is 0.335 e. The van der Waals surface area contributed by atoms with Crippen molar-refractivity contribution in [1.82, 2.24) is 15.6 Å². The Morgan fingerprint density at radius 1 is 0.625 bits per heavy atom. The smallest absolute Gasteiger partial charge is 0.335 e. The largest absolute Gasteiger partial charge is 0.478 e. The minimum absolute atomic E-state index is 0.0608. The van der Waals surface area contributed by atoms with E-state index in [1.54, 1.807) is 30.3 Å². The van der Waals surface area contributed by atoms with Crippen molar-refractivity contribution in [2.75, 3.05) is 0 Å². The van der Waals surface area contributed by atoms with E-state index >= 15 is 0 Å². The maximum atomic E-state index is 12.4. The van der Waals surface area contributed by atoms with Gasteiger partial charge < -0.3 is 20.8 Å². The van der Waals surface area contributed by atoms with Crippen molar-refractivity contribution in [1.29, 1.82) is 0 Å². The van der Waals surface area contributed by atoms with Crippen LogP contribution in [-0.4, -0.2) is 39.0 Å². The van der Waals surface area contributed by atoms with Crippen LogP contribution in [0.3, 0.4) is 0 Å². The van der Waals surface area contributed by atoms with Crippen LogP contribution in [0.5, 0.6) is 0 Å². The summed E-state index contributed by atoms with van der Waals surface area (Å²) in [5.74, 6) is -3.02. The van der Waals surface area contributed by atoms with Gasteiger partial charge in [-0.15, -0.1) is 0 Å². The van der Waals surface area contributed by atoms with Crippen molar-refractivity contribution in [3.63, 3.8) is 0 Å². The van der Waals surface area contributed by atoms with E-state index in [2.05, 4.69) is 15.6 Å². The predicted octanol–water partition coefficient (Wildman–Crippen LogP) is 2.34. The number of carboxylic acids is 2. The van der Waals surface area contributed by atoms with Crippen LogP contribution in [0.4, 0.5) is 0 Å². The Hall–Kier alpha value is -4.53. The second-order valence-corrected chi connectivity index (χ2v) is 6.78. The van der Waals surface area contributed by atoms with Gasteiger partial charge in [-0.05, 0) is 47.5 Å². The molecular weight excluding hydrogens is 414 g/mol. The predicted molar refractivity (Wildman–Crippen MR) is 113 cm³/mol. The monoisotopic (exact) mass is 433 g/mol. The molecular formula is C23H19N3O6. The molecule has 0 fully saturated rings. The highest BCUT2D eigenvalue weighted by Gasteiger charge is 2.13. The van der Waals surface area contributed by atoms with Crippen LogP contribution in [-0.2, 0) is 13.1 Å². The first-order chi connectivity index (χ1) is 15.3. The molecule has 1 aromatic heterocycles. The van der Waals surface area contributed by atoms with Gasteiger partial charge >= 0.3 is 11.9 Å². The van der Waals surface area contributed by atoms with Gasteiger partial charge in [0.1, 0.15) is 11.4 Å². The van der Waals surface area contributed by atoms with Gasteiger partial charge in [-0.1, -0.05) is 30.3 Å². The minimum Gasteiger partial charge on any atom is -0.478 e. The Morgan fingerprint density at radius 3 is 1.34 bits per heavy atom. The summed E-state index contributed by atoms with van der Waals surface area (Å²) in [7, 11) is 0. The van der Waals surface area contributed by atoms with E-state index in [0.29, 0.717) is 11.1 Å². The van der Waals surface area contributed by atoms with Crippen molar-refractivity contribution in [2.24, 2.45) is 0 Å². The summed E-state index contributed by atoms with van der Waals surface area (Å²) in [5, 5.41) is 23.2. The lowest BCUT2D eigenvalue weighted by Gasteiger charge is -2.08. The number of pyridine rings is 1. The van der Waals surface area contributed by atoms with Gasteiger partial charge in [0.15, 0.2) is 0 Å². The lowest BCUT2D eigenvalue weighted by atomic mass is 10.1. The molecule has 2 aromatic carbocycles. The molecule has 0 spiro atoms. The minimum atomic E-state index is -1.03. The van der Waals surface area contributed by atoms with E-state index < -0.39 is 23.8 Å². The zero-order valence-corrected chi connectivity index (χ0v) is 16.7. The Bertz CT molecular complexity index is 1070. The first-order valence-electron chi connectivity index (χ1n) is 9.51. The van der Waals surface area contributed by atoms with Gasteiger partial charge in [0.2, 0.25) is 0 Å². The van der Waals surface area contributed by atoms with Crippen molar-refractivity contribution in [3.8, 4) is 0 Å². The molecule has 0 radical (unpaired) electrons. The number of hydrogen-bond donors (Lipinski definition) is 4. The number of nitrogens with one attached hydrogen (secondary N) is 2. The van der Waals surface area contributed by atoms with E-state index in [4.69, 9.17) is 10.2 Å². The summed E-state index contributed by atoms with van der Waals surface area (Å²) in [6.45, 7) is 0.340. The Morgan fingerprint density at radius 2 is 1.00 bits per heavy atom. The number of carbonyl (C=O) groups excluding carboxylic acids is 2. The van der Waals surface area contributed by atoms with E-state index in [1.165, 1.54) is 36.4 Å². The number of benzene rings is 2. The Kier molecular flexibility index (Phi) is 6.92. The SMILES string of the molecule is O=C(O)c1ccc(CNC(=O)c2cccc(C(=O)NCc3ccc(C(=O)O)cc3)n2)cc1. The molecule has 0 aliphatic rings. The number of hydrogen-bond acceptors (Lipinski definition) is 5. The number of aromatic carboxylic acids is 2. The third-order valence-electron chi connectivity index (χ3n) is 4.52. The van der Waals surface area contributed by atoms with Crippen LogP contribution in [0.15, 0.2) is 66.7 Å². The summed E-state index contributed by atoms with van der Waals surface area (Å²) in [6, 6.07) is 16.7. The molecule has 0 unspecified atom stereocenters. The van der Waals surface area contributed by atoms with Gasteiger partial charge in [0, 0.05) is 13.1 Å². The molecule has 9 heteroatoms. The van der Waals surface area contributed by atoms with Crippen LogP contribution in [0.25, 0.3) is 0 Å². The van der Waals surface area contributed by atoms with Crippen molar-refractivity contribution in [2.45, 2.75) is 13.1 Å². The van der Waals surface area contributed by atoms with Crippen molar-refractivity contribution < 1.29 is 29.4 Å². The Labute approximate surface area is 182 Å². The number of carboxylic acid groups (broad SMARTS) is 2. The van der Waals surface area contributed by atoms with E-state index in [9.17, 15) is 19.2 Å². The summed E-state index contributed by atoms with van der Waals surface area (Å²) < 4.78 is 0. The number of carbonyl (C=O) groups is 4. The van der Waals surface area contributed by atoms with E-state index in [0.717, 1.165) is 0 Å². The summed E-state index contributed by atoms with van der Waals surface area (Å²) in [5.41, 5.74) is 1.85. The summed E-state index contributed by atoms with van der Waals surface area (Å²) in [4.78, 5) is 50.6. The Balaban J connectivity index is 1.57. The maximum absolute atomic E-state index is 12.4. The first-order valence-corrected chi connectivity index (χ1v) is 9.51. The molecule has 0 saturated heterocycles. The molecule has 0 aliphatic carbocycles. The normalized spacial score (nSPS) is 10.2. The molecule has 0 atom stereocenters. The highest BCUT2D eigenvalue weighted by Crippen LogP contribution is 2.07. The van der Waals surface area contributed by atoms with Gasteiger partial charge in [-0.2, -0.15) is 0 Å². The fraction of sp³-hybridized carbons (Fsp3) is 0.0870. The molecule has 0 saturated carbocycles. The molecule has 32 heavy (non-hydrogen) atoms. The third kappa shape index (κ3) is 5.76. The molecule has 4 N–H and O–H groups in total. The van der Waals surface area contributed by atoms with Gasteiger partial charge in [-0.3, -0.25) is 9.59 Å². The van der Waals surface area contributed by atoms with Crippen LogP contribution in [0.2, 0.25) is 0 Å². The number of amides is 2. The van der Waals surface area contributed by atoms with Crippen molar-refractivity contribution >= 4 is 23.8 Å².